The van der Waals surface area contributed by atoms with Crippen LogP contribution in [0.15, 0.2) is 30.5 Å². The van der Waals surface area contributed by atoms with Crippen LogP contribution >= 0.6 is 0 Å². The number of rotatable bonds is 5. The number of aryl methyl sites for hydroxylation is 3. The fraction of sp³-hybridized carbons (Fsp3) is 0.353. The SMILES string of the molecule is CCNc1ccc(COc2c(C)cc(C)cc2C)cn1. The third-order valence-electron chi connectivity index (χ3n) is 3.17. The zero-order chi connectivity index (χ0) is 14.5. The highest BCUT2D eigenvalue weighted by Crippen LogP contribution is 2.25. The Kier molecular flexibility index (Phi) is 4.61. The van der Waals surface area contributed by atoms with Crippen molar-refractivity contribution in [2.45, 2.75) is 34.3 Å². The molecule has 0 amide bonds. The van der Waals surface area contributed by atoms with E-state index >= 15 is 0 Å². The van der Waals surface area contributed by atoms with Crippen molar-refractivity contribution >= 4 is 5.82 Å². The highest BCUT2D eigenvalue weighted by atomic mass is 16.5. The van der Waals surface area contributed by atoms with E-state index in [2.05, 4.69) is 50.1 Å². The van der Waals surface area contributed by atoms with Gasteiger partial charge in [0.1, 0.15) is 18.2 Å². The molecule has 0 aliphatic heterocycles. The largest absolute Gasteiger partial charge is 0.488 e. The van der Waals surface area contributed by atoms with Crippen LogP contribution in [0.1, 0.15) is 29.2 Å². The summed E-state index contributed by atoms with van der Waals surface area (Å²) in [7, 11) is 0. The maximum Gasteiger partial charge on any atom is 0.125 e. The van der Waals surface area contributed by atoms with Gasteiger partial charge in [-0.15, -0.1) is 0 Å². The number of nitrogens with zero attached hydrogens (tertiary/aromatic N) is 1. The highest BCUT2D eigenvalue weighted by molar-refractivity contribution is 5.43. The minimum Gasteiger partial charge on any atom is -0.488 e. The molecule has 0 spiro atoms. The summed E-state index contributed by atoms with van der Waals surface area (Å²) >= 11 is 0. The Morgan fingerprint density at radius 1 is 1.10 bits per heavy atom. The number of anilines is 1. The van der Waals surface area contributed by atoms with E-state index in [0.717, 1.165) is 23.7 Å². The van der Waals surface area contributed by atoms with Gasteiger partial charge in [0.15, 0.2) is 0 Å². The van der Waals surface area contributed by atoms with Gasteiger partial charge < -0.3 is 10.1 Å². The van der Waals surface area contributed by atoms with Gasteiger partial charge >= 0.3 is 0 Å². The summed E-state index contributed by atoms with van der Waals surface area (Å²) in [6, 6.07) is 8.32. The van der Waals surface area contributed by atoms with Gasteiger partial charge in [-0.1, -0.05) is 23.8 Å². The Bertz CT molecular complexity index is 553. The molecular weight excluding hydrogens is 248 g/mol. The van der Waals surface area contributed by atoms with Gasteiger partial charge in [0.25, 0.3) is 0 Å². The fourth-order valence-electron chi connectivity index (χ4n) is 2.35. The molecule has 0 aliphatic rings. The highest BCUT2D eigenvalue weighted by Gasteiger charge is 2.05. The van der Waals surface area contributed by atoms with Crippen molar-refractivity contribution in [2.75, 3.05) is 11.9 Å². The fourth-order valence-corrected chi connectivity index (χ4v) is 2.35. The van der Waals surface area contributed by atoms with Crippen LogP contribution in [0.5, 0.6) is 5.75 Å². The van der Waals surface area contributed by atoms with Crippen LogP contribution in [0.3, 0.4) is 0 Å². The minimum absolute atomic E-state index is 0.546. The van der Waals surface area contributed by atoms with Gasteiger partial charge in [0.2, 0.25) is 0 Å². The molecule has 0 radical (unpaired) electrons. The number of ether oxygens (including phenoxy) is 1. The Balaban J connectivity index is 2.05. The smallest absolute Gasteiger partial charge is 0.125 e. The second kappa shape index (κ2) is 6.42. The lowest BCUT2D eigenvalue weighted by molar-refractivity contribution is 0.301. The second-order valence-electron chi connectivity index (χ2n) is 5.10. The number of nitrogens with one attached hydrogen (secondary N) is 1. The minimum atomic E-state index is 0.546. The van der Waals surface area contributed by atoms with Gasteiger partial charge in [-0.05, 0) is 44.9 Å². The average molecular weight is 270 g/mol. The van der Waals surface area contributed by atoms with Gasteiger partial charge in [-0.25, -0.2) is 4.98 Å². The van der Waals surface area contributed by atoms with Crippen LogP contribution in [-0.4, -0.2) is 11.5 Å². The Morgan fingerprint density at radius 3 is 2.35 bits per heavy atom. The second-order valence-corrected chi connectivity index (χ2v) is 5.10. The first-order valence-corrected chi connectivity index (χ1v) is 6.99. The van der Waals surface area contributed by atoms with Crippen LogP contribution in [0, 0.1) is 20.8 Å². The molecule has 0 fully saturated rings. The van der Waals surface area contributed by atoms with Crippen molar-refractivity contribution < 1.29 is 4.74 Å². The van der Waals surface area contributed by atoms with Crippen LogP contribution in [-0.2, 0) is 6.61 Å². The standard InChI is InChI=1S/C17H22N2O/c1-5-18-16-7-6-15(10-19-16)11-20-17-13(3)8-12(2)9-14(17)4/h6-10H,5,11H2,1-4H3,(H,18,19). The van der Waals surface area contributed by atoms with Crippen LogP contribution in [0.25, 0.3) is 0 Å². The van der Waals surface area contributed by atoms with E-state index in [4.69, 9.17) is 4.74 Å². The van der Waals surface area contributed by atoms with Crippen LogP contribution < -0.4 is 10.1 Å². The van der Waals surface area contributed by atoms with Crippen molar-refractivity contribution in [3.8, 4) is 5.75 Å². The summed E-state index contributed by atoms with van der Waals surface area (Å²) in [5, 5.41) is 3.18. The molecule has 20 heavy (non-hydrogen) atoms. The molecule has 0 saturated heterocycles. The number of hydrogen-bond acceptors (Lipinski definition) is 3. The first-order valence-electron chi connectivity index (χ1n) is 6.99. The summed E-state index contributed by atoms with van der Waals surface area (Å²) in [6.45, 7) is 9.76. The van der Waals surface area contributed by atoms with Crippen molar-refractivity contribution in [1.29, 1.82) is 0 Å². The molecule has 3 heteroatoms. The lowest BCUT2D eigenvalue weighted by Gasteiger charge is -2.13. The Labute approximate surface area is 121 Å². The van der Waals surface area contributed by atoms with Gasteiger partial charge in [-0.3, -0.25) is 0 Å². The summed E-state index contributed by atoms with van der Waals surface area (Å²) in [5.41, 5.74) is 4.70. The summed E-state index contributed by atoms with van der Waals surface area (Å²) in [4.78, 5) is 4.35. The normalized spacial score (nSPS) is 10.4. The van der Waals surface area contributed by atoms with Gasteiger partial charge in [0.05, 0.1) is 0 Å². The van der Waals surface area contributed by atoms with Crippen LogP contribution in [0.4, 0.5) is 5.82 Å². The molecule has 0 bridgehead atoms. The number of hydrogen-bond donors (Lipinski definition) is 1. The van der Waals surface area contributed by atoms with E-state index < -0.39 is 0 Å². The Morgan fingerprint density at radius 2 is 1.80 bits per heavy atom. The molecule has 106 valence electrons. The monoisotopic (exact) mass is 270 g/mol. The van der Waals surface area contributed by atoms with E-state index in [9.17, 15) is 0 Å². The van der Waals surface area contributed by atoms with E-state index in [1.165, 1.54) is 16.7 Å². The zero-order valence-electron chi connectivity index (χ0n) is 12.7. The molecular formula is C17H22N2O. The molecule has 2 aromatic rings. The number of benzene rings is 1. The van der Waals surface area contributed by atoms with Crippen molar-refractivity contribution in [2.24, 2.45) is 0 Å². The topological polar surface area (TPSA) is 34.1 Å². The molecule has 2 rings (SSSR count). The van der Waals surface area contributed by atoms with Crippen LogP contribution in [0.2, 0.25) is 0 Å². The van der Waals surface area contributed by atoms with E-state index in [-0.39, 0.29) is 0 Å². The number of aromatic nitrogens is 1. The molecule has 0 aliphatic carbocycles. The quantitative estimate of drug-likeness (QED) is 0.891. The lowest BCUT2D eigenvalue weighted by atomic mass is 10.1. The summed E-state index contributed by atoms with van der Waals surface area (Å²) in [5.74, 6) is 1.88. The predicted octanol–water partition coefficient (Wildman–Crippen LogP) is 4.02. The molecule has 0 unspecified atom stereocenters. The third kappa shape index (κ3) is 3.50. The lowest BCUT2D eigenvalue weighted by Crippen LogP contribution is -2.02. The van der Waals surface area contributed by atoms with E-state index in [1.54, 1.807) is 0 Å². The molecule has 1 N–H and O–H groups in total. The predicted molar refractivity (Wildman–Crippen MR) is 83.4 cm³/mol. The van der Waals surface area contributed by atoms with E-state index in [0.29, 0.717) is 6.61 Å². The first-order chi connectivity index (χ1) is 9.60. The molecule has 1 aromatic carbocycles. The molecule has 1 aromatic heterocycles. The average Bonchev–Trinajstić information content (AvgIpc) is 2.39. The first kappa shape index (κ1) is 14.4. The van der Waals surface area contributed by atoms with Gasteiger partial charge in [-0.2, -0.15) is 0 Å². The molecule has 0 atom stereocenters. The van der Waals surface area contributed by atoms with Crippen molar-refractivity contribution in [1.82, 2.24) is 4.98 Å². The zero-order valence-corrected chi connectivity index (χ0v) is 12.7. The molecule has 1 heterocycles. The third-order valence-corrected chi connectivity index (χ3v) is 3.17. The maximum atomic E-state index is 5.95. The summed E-state index contributed by atoms with van der Waals surface area (Å²) < 4.78 is 5.95. The van der Waals surface area contributed by atoms with Crippen molar-refractivity contribution in [3.63, 3.8) is 0 Å². The van der Waals surface area contributed by atoms with Crippen molar-refractivity contribution in [3.05, 3.63) is 52.7 Å². The number of pyridine rings is 1. The van der Waals surface area contributed by atoms with Gasteiger partial charge in [0, 0.05) is 18.3 Å². The van der Waals surface area contributed by atoms with E-state index in [1.807, 2.05) is 18.3 Å². The Hall–Kier alpha value is -2.03. The molecule has 3 nitrogen and oxygen atoms in total. The molecule has 0 saturated carbocycles. The summed E-state index contributed by atoms with van der Waals surface area (Å²) in [6.07, 6.45) is 1.86. The maximum absolute atomic E-state index is 5.95.